The van der Waals surface area contributed by atoms with Gasteiger partial charge in [0.15, 0.2) is 0 Å². The third-order valence-corrected chi connectivity index (χ3v) is 6.46. The van der Waals surface area contributed by atoms with E-state index in [4.69, 9.17) is 5.73 Å². The smallest absolute Gasteiger partial charge is 0.315 e. The van der Waals surface area contributed by atoms with Crippen LogP contribution in [0.5, 0.6) is 0 Å². The van der Waals surface area contributed by atoms with Gasteiger partial charge < -0.3 is 21.7 Å². The van der Waals surface area contributed by atoms with Gasteiger partial charge in [-0.25, -0.2) is 4.79 Å². The van der Waals surface area contributed by atoms with Gasteiger partial charge in [-0.2, -0.15) is 0 Å². The van der Waals surface area contributed by atoms with Crippen LogP contribution in [0.15, 0.2) is 0 Å². The summed E-state index contributed by atoms with van der Waals surface area (Å²) in [4.78, 5) is 24.4. The Hall–Kier alpha value is -1.30. The maximum atomic E-state index is 12.4. The van der Waals surface area contributed by atoms with Crippen LogP contribution in [0.25, 0.3) is 0 Å². The first-order valence-electron chi connectivity index (χ1n) is 10.4. The summed E-state index contributed by atoms with van der Waals surface area (Å²) in [6, 6.07) is -0.0966. The van der Waals surface area contributed by atoms with Gasteiger partial charge in [-0.1, -0.05) is 13.8 Å². The number of nitrogens with one attached hydrogen (secondary N) is 3. The Morgan fingerprint density at radius 2 is 1.65 bits per heavy atom. The van der Waals surface area contributed by atoms with Crippen molar-refractivity contribution < 1.29 is 9.59 Å². The molecule has 6 heteroatoms. The van der Waals surface area contributed by atoms with Gasteiger partial charge in [-0.05, 0) is 68.6 Å². The van der Waals surface area contributed by atoms with Crippen molar-refractivity contribution in [3.05, 3.63) is 0 Å². The van der Waals surface area contributed by atoms with Crippen molar-refractivity contribution in [2.24, 2.45) is 29.4 Å². The van der Waals surface area contributed by atoms with E-state index in [-0.39, 0.29) is 23.5 Å². The van der Waals surface area contributed by atoms with Crippen molar-refractivity contribution >= 4 is 11.9 Å². The summed E-state index contributed by atoms with van der Waals surface area (Å²) >= 11 is 0. The zero-order chi connectivity index (χ0) is 18.7. The molecule has 1 atom stereocenters. The molecule has 4 saturated carbocycles. The van der Waals surface area contributed by atoms with Crippen LogP contribution in [0.1, 0.15) is 65.2 Å². The predicted molar refractivity (Wildman–Crippen MR) is 102 cm³/mol. The molecule has 4 aliphatic rings. The van der Waals surface area contributed by atoms with Crippen LogP contribution < -0.4 is 21.7 Å². The lowest BCUT2D eigenvalue weighted by molar-refractivity contribution is -0.121. The van der Waals surface area contributed by atoms with E-state index in [1.54, 1.807) is 0 Å². The third kappa shape index (κ3) is 4.90. The summed E-state index contributed by atoms with van der Waals surface area (Å²) in [6.45, 7) is 5.04. The minimum atomic E-state index is -0.114. The zero-order valence-corrected chi connectivity index (χ0v) is 16.4. The minimum Gasteiger partial charge on any atom is -0.352 e. The van der Waals surface area contributed by atoms with Crippen molar-refractivity contribution in [1.82, 2.24) is 16.0 Å². The summed E-state index contributed by atoms with van der Waals surface area (Å²) in [6.07, 6.45) is 8.68. The van der Waals surface area contributed by atoms with E-state index in [1.807, 2.05) is 0 Å². The highest BCUT2D eigenvalue weighted by atomic mass is 16.2. The molecule has 0 heterocycles. The minimum absolute atomic E-state index is 0.0169. The fourth-order valence-electron chi connectivity index (χ4n) is 5.92. The SMILES string of the molecule is CC(C)CC(CN)NC(=O)CCNC(=O)NC12CC3CC(CC(C3)C1)C2. The summed E-state index contributed by atoms with van der Waals surface area (Å²) in [5.74, 6) is 2.87. The van der Waals surface area contributed by atoms with E-state index in [0.29, 0.717) is 25.4 Å². The molecule has 148 valence electrons. The quantitative estimate of drug-likeness (QED) is 0.531. The van der Waals surface area contributed by atoms with Crippen LogP contribution >= 0.6 is 0 Å². The molecule has 4 aliphatic carbocycles. The standard InChI is InChI=1S/C20H36N4O2/c1-13(2)5-17(12-21)23-18(25)3-4-22-19(26)24-20-9-14-6-15(10-20)8-16(7-14)11-20/h13-17H,3-12,21H2,1-2H3,(H,23,25)(H2,22,24,26). The van der Waals surface area contributed by atoms with E-state index < -0.39 is 0 Å². The Kier molecular flexibility index (Phi) is 6.10. The largest absolute Gasteiger partial charge is 0.352 e. The predicted octanol–water partition coefficient (Wildman–Crippen LogP) is 2.13. The average Bonchev–Trinajstić information content (AvgIpc) is 2.51. The van der Waals surface area contributed by atoms with Crippen LogP contribution in [0.4, 0.5) is 4.79 Å². The molecule has 0 aliphatic heterocycles. The normalized spacial score (nSPS) is 33.2. The Balaban J connectivity index is 1.37. The third-order valence-electron chi connectivity index (χ3n) is 6.46. The molecule has 5 N–H and O–H groups in total. The highest BCUT2D eigenvalue weighted by molar-refractivity contribution is 5.78. The van der Waals surface area contributed by atoms with E-state index in [9.17, 15) is 9.59 Å². The van der Waals surface area contributed by atoms with Gasteiger partial charge in [0, 0.05) is 31.1 Å². The number of rotatable bonds is 8. The molecule has 4 fully saturated rings. The molecule has 3 amide bonds. The lowest BCUT2D eigenvalue weighted by Crippen LogP contribution is -2.61. The summed E-state index contributed by atoms with van der Waals surface area (Å²) in [5, 5.41) is 9.12. The second-order valence-corrected chi connectivity index (χ2v) is 9.46. The maximum absolute atomic E-state index is 12.4. The fourth-order valence-corrected chi connectivity index (χ4v) is 5.92. The van der Waals surface area contributed by atoms with E-state index in [2.05, 4.69) is 29.8 Å². The Labute approximate surface area is 157 Å². The Morgan fingerprint density at radius 1 is 1.08 bits per heavy atom. The first kappa shape index (κ1) is 19.5. The number of nitrogens with two attached hydrogens (primary N) is 1. The number of urea groups is 1. The van der Waals surface area contributed by atoms with Crippen LogP contribution in [0, 0.1) is 23.7 Å². The van der Waals surface area contributed by atoms with Crippen molar-refractivity contribution in [2.45, 2.75) is 76.8 Å². The molecule has 26 heavy (non-hydrogen) atoms. The molecular weight excluding hydrogens is 328 g/mol. The zero-order valence-electron chi connectivity index (χ0n) is 16.4. The molecule has 0 spiro atoms. The highest BCUT2D eigenvalue weighted by Gasteiger charge is 2.51. The lowest BCUT2D eigenvalue weighted by Gasteiger charge is -2.56. The second kappa shape index (κ2) is 8.15. The van der Waals surface area contributed by atoms with Crippen molar-refractivity contribution in [3.8, 4) is 0 Å². The summed E-state index contributed by atoms with van der Waals surface area (Å²) < 4.78 is 0. The summed E-state index contributed by atoms with van der Waals surface area (Å²) in [5.41, 5.74) is 5.73. The fraction of sp³-hybridized carbons (Fsp3) is 0.900. The summed E-state index contributed by atoms with van der Waals surface area (Å²) in [7, 11) is 0. The molecule has 0 aromatic carbocycles. The monoisotopic (exact) mass is 364 g/mol. The molecule has 4 bridgehead atoms. The van der Waals surface area contributed by atoms with Gasteiger partial charge in [0.05, 0.1) is 0 Å². The number of carbonyl (C=O) groups is 2. The molecule has 0 aromatic heterocycles. The molecule has 0 radical (unpaired) electrons. The Bertz CT molecular complexity index is 485. The van der Waals surface area contributed by atoms with Gasteiger partial charge in [0.25, 0.3) is 0 Å². The van der Waals surface area contributed by atoms with Gasteiger partial charge in [-0.15, -0.1) is 0 Å². The average molecular weight is 365 g/mol. The number of hydrogen-bond donors (Lipinski definition) is 4. The van der Waals surface area contributed by atoms with Gasteiger partial charge in [0.2, 0.25) is 5.91 Å². The van der Waals surface area contributed by atoms with Crippen molar-refractivity contribution in [2.75, 3.05) is 13.1 Å². The van der Waals surface area contributed by atoms with E-state index in [0.717, 1.165) is 43.4 Å². The van der Waals surface area contributed by atoms with Gasteiger partial charge >= 0.3 is 6.03 Å². The first-order valence-corrected chi connectivity index (χ1v) is 10.4. The molecular formula is C20H36N4O2. The van der Waals surface area contributed by atoms with Crippen LogP contribution in [0.2, 0.25) is 0 Å². The lowest BCUT2D eigenvalue weighted by atomic mass is 9.53. The molecule has 6 nitrogen and oxygen atoms in total. The molecule has 0 saturated heterocycles. The topological polar surface area (TPSA) is 96.2 Å². The van der Waals surface area contributed by atoms with Crippen molar-refractivity contribution in [3.63, 3.8) is 0 Å². The highest BCUT2D eigenvalue weighted by Crippen LogP contribution is 2.55. The molecule has 1 unspecified atom stereocenters. The first-order chi connectivity index (χ1) is 12.4. The van der Waals surface area contributed by atoms with E-state index >= 15 is 0 Å². The van der Waals surface area contributed by atoms with Gasteiger partial charge in [-0.3, -0.25) is 4.79 Å². The molecule has 4 rings (SSSR count). The van der Waals surface area contributed by atoms with Crippen LogP contribution in [-0.4, -0.2) is 36.6 Å². The van der Waals surface area contributed by atoms with Gasteiger partial charge in [0.1, 0.15) is 0 Å². The molecule has 0 aromatic rings. The van der Waals surface area contributed by atoms with Crippen LogP contribution in [-0.2, 0) is 4.79 Å². The van der Waals surface area contributed by atoms with E-state index in [1.165, 1.54) is 19.3 Å². The number of hydrogen-bond acceptors (Lipinski definition) is 3. The number of amides is 3. The maximum Gasteiger partial charge on any atom is 0.315 e. The van der Waals surface area contributed by atoms with Crippen molar-refractivity contribution in [1.29, 1.82) is 0 Å². The van der Waals surface area contributed by atoms with Crippen LogP contribution in [0.3, 0.4) is 0 Å². The Morgan fingerprint density at radius 3 is 2.15 bits per heavy atom. The number of carbonyl (C=O) groups excluding carboxylic acids is 2. The second-order valence-electron chi connectivity index (χ2n) is 9.46.